The molecule has 7 heteroatoms. The maximum absolute atomic E-state index is 13.1. The van der Waals surface area contributed by atoms with Gasteiger partial charge in [-0.1, -0.05) is 32.9 Å². The van der Waals surface area contributed by atoms with Crippen LogP contribution in [0, 0.1) is 16.7 Å². The fourth-order valence-electron chi connectivity index (χ4n) is 5.04. The smallest absolute Gasteiger partial charge is 0.240 e. The first kappa shape index (κ1) is 19.6. The summed E-state index contributed by atoms with van der Waals surface area (Å²) in [6.45, 7) is 8.71. The topological polar surface area (TPSA) is 84.3 Å². The lowest BCUT2D eigenvalue weighted by molar-refractivity contribution is -0.169. The number of imidazole rings is 1. The molecule has 29 heavy (non-hydrogen) atoms. The summed E-state index contributed by atoms with van der Waals surface area (Å²) in [6, 6.07) is 7.83. The zero-order valence-electron chi connectivity index (χ0n) is 17.5. The molecule has 0 unspecified atom stereocenters. The van der Waals surface area contributed by atoms with Gasteiger partial charge in [0.1, 0.15) is 12.4 Å². The van der Waals surface area contributed by atoms with Gasteiger partial charge in [0.05, 0.1) is 23.0 Å². The Hall–Kier alpha value is -2.70. The summed E-state index contributed by atoms with van der Waals surface area (Å²) in [7, 11) is 0. The van der Waals surface area contributed by atoms with Crippen LogP contribution >= 0.6 is 0 Å². The standard InChI is InChI=1S/C22H28N4O3/c1-5-25-16-9-7-6-8-15(16)24-17(25)12-23-18(27)13-26-19(28)14-10-11-22(4,20(26)29)21(14,2)3/h6-9,14H,5,10-13H2,1-4H3,(H,23,27)/t14-,22-/m0/s1. The van der Waals surface area contributed by atoms with E-state index >= 15 is 0 Å². The van der Waals surface area contributed by atoms with Gasteiger partial charge in [-0.3, -0.25) is 19.3 Å². The Morgan fingerprint density at radius 2 is 1.97 bits per heavy atom. The van der Waals surface area contributed by atoms with Crippen molar-refractivity contribution in [2.45, 2.75) is 53.6 Å². The molecule has 1 aliphatic carbocycles. The molecule has 1 N–H and O–H groups in total. The minimum absolute atomic E-state index is 0.206. The van der Waals surface area contributed by atoms with Gasteiger partial charge in [-0.15, -0.1) is 0 Å². The highest BCUT2D eigenvalue weighted by molar-refractivity contribution is 6.06. The Bertz CT molecular complexity index is 1010. The van der Waals surface area contributed by atoms with Crippen LogP contribution in [0.1, 0.15) is 46.4 Å². The van der Waals surface area contributed by atoms with E-state index in [1.165, 1.54) is 4.90 Å². The van der Waals surface area contributed by atoms with Crippen molar-refractivity contribution in [3.05, 3.63) is 30.1 Å². The number of nitrogens with zero attached hydrogens (tertiary/aromatic N) is 3. The molecule has 3 amide bonds. The highest BCUT2D eigenvalue weighted by Crippen LogP contribution is 2.59. The fraction of sp³-hybridized carbons (Fsp3) is 0.545. The molecule has 154 valence electrons. The van der Waals surface area contributed by atoms with E-state index in [2.05, 4.69) is 14.9 Å². The third-order valence-electron chi connectivity index (χ3n) is 7.30. The van der Waals surface area contributed by atoms with Crippen molar-refractivity contribution in [3.8, 4) is 0 Å². The second kappa shape index (κ2) is 6.68. The van der Waals surface area contributed by atoms with E-state index in [9.17, 15) is 14.4 Å². The number of amides is 3. The molecule has 1 aromatic carbocycles. The van der Waals surface area contributed by atoms with Crippen LogP contribution in [0.15, 0.2) is 24.3 Å². The SMILES string of the molecule is CCn1c(CNC(=O)CN2C(=O)[C@@H]3CC[C@@](C)(C2=O)C3(C)C)nc2ccccc21. The number of likely N-dealkylation sites (tertiary alicyclic amines) is 1. The molecule has 1 saturated carbocycles. The minimum atomic E-state index is -0.595. The van der Waals surface area contributed by atoms with Crippen molar-refractivity contribution in [3.63, 3.8) is 0 Å². The largest absolute Gasteiger partial charge is 0.347 e. The monoisotopic (exact) mass is 396 g/mol. The van der Waals surface area contributed by atoms with Crippen molar-refractivity contribution < 1.29 is 14.4 Å². The van der Waals surface area contributed by atoms with E-state index < -0.39 is 5.41 Å². The number of fused-ring (bicyclic) bond motifs is 3. The molecule has 2 aliphatic rings. The van der Waals surface area contributed by atoms with Gasteiger partial charge in [0, 0.05) is 12.5 Å². The van der Waals surface area contributed by atoms with Gasteiger partial charge >= 0.3 is 0 Å². The van der Waals surface area contributed by atoms with Crippen LogP contribution < -0.4 is 5.32 Å². The lowest BCUT2D eigenvalue weighted by atomic mass is 9.62. The molecule has 1 aliphatic heterocycles. The van der Waals surface area contributed by atoms with Crippen molar-refractivity contribution in [2.24, 2.45) is 16.7 Å². The molecular formula is C22H28N4O3. The van der Waals surface area contributed by atoms with Crippen molar-refractivity contribution >= 4 is 28.8 Å². The van der Waals surface area contributed by atoms with Gasteiger partial charge in [0.25, 0.3) is 0 Å². The van der Waals surface area contributed by atoms with Gasteiger partial charge in [-0.05, 0) is 37.3 Å². The maximum atomic E-state index is 13.1. The molecule has 4 rings (SSSR count). The number of carbonyl (C=O) groups excluding carboxylic acids is 3. The summed E-state index contributed by atoms with van der Waals surface area (Å²) < 4.78 is 2.05. The van der Waals surface area contributed by atoms with Crippen LogP contribution in [0.3, 0.4) is 0 Å². The molecular weight excluding hydrogens is 368 g/mol. The minimum Gasteiger partial charge on any atom is -0.347 e. The normalized spacial score (nSPS) is 25.7. The molecule has 2 aromatic rings. The summed E-state index contributed by atoms with van der Waals surface area (Å²) in [4.78, 5) is 44.3. The van der Waals surface area contributed by atoms with Gasteiger partial charge in [0.15, 0.2) is 0 Å². The zero-order chi connectivity index (χ0) is 21.0. The lowest BCUT2D eigenvalue weighted by Gasteiger charge is -2.47. The third kappa shape index (κ3) is 2.78. The van der Waals surface area contributed by atoms with E-state index in [0.29, 0.717) is 12.8 Å². The first-order valence-corrected chi connectivity index (χ1v) is 10.3. The number of nitrogens with one attached hydrogen (secondary N) is 1. The maximum Gasteiger partial charge on any atom is 0.240 e. The Morgan fingerprint density at radius 3 is 2.69 bits per heavy atom. The van der Waals surface area contributed by atoms with E-state index in [-0.39, 0.29) is 42.1 Å². The Balaban J connectivity index is 1.47. The highest BCUT2D eigenvalue weighted by atomic mass is 16.2. The number of imide groups is 1. The summed E-state index contributed by atoms with van der Waals surface area (Å²) in [5, 5.41) is 2.84. The van der Waals surface area contributed by atoms with Gasteiger partial charge in [-0.25, -0.2) is 4.98 Å². The average Bonchev–Trinajstić information content (AvgIpc) is 3.14. The predicted octanol–water partition coefficient (Wildman–Crippen LogP) is 2.48. The third-order valence-corrected chi connectivity index (χ3v) is 7.30. The Kier molecular flexibility index (Phi) is 4.52. The quantitative estimate of drug-likeness (QED) is 0.787. The molecule has 2 atom stereocenters. The predicted molar refractivity (Wildman–Crippen MR) is 109 cm³/mol. The molecule has 1 aromatic heterocycles. The summed E-state index contributed by atoms with van der Waals surface area (Å²) in [5.74, 6) is -0.235. The number of hydrogen-bond acceptors (Lipinski definition) is 4. The number of aryl methyl sites for hydroxylation is 1. The number of aromatic nitrogens is 2. The number of benzene rings is 1. The van der Waals surface area contributed by atoms with Gasteiger partial charge in [0.2, 0.25) is 17.7 Å². The van der Waals surface area contributed by atoms with Crippen LogP contribution in [0.4, 0.5) is 0 Å². The number of para-hydroxylation sites is 2. The molecule has 2 bridgehead atoms. The number of hydrogen-bond donors (Lipinski definition) is 1. The van der Waals surface area contributed by atoms with Crippen molar-refractivity contribution in [2.75, 3.05) is 6.54 Å². The van der Waals surface area contributed by atoms with E-state index in [0.717, 1.165) is 23.4 Å². The zero-order valence-corrected chi connectivity index (χ0v) is 17.5. The number of rotatable bonds is 5. The molecule has 1 saturated heterocycles. The first-order valence-electron chi connectivity index (χ1n) is 10.3. The highest BCUT2D eigenvalue weighted by Gasteiger charge is 2.64. The Labute approximate surface area is 170 Å². The summed E-state index contributed by atoms with van der Waals surface area (Å²) in [5.41, 5.74) is 0.932. The molecule has 7 nitrogen and oxygen atoms in total. The number of piperidine rings is 1. The van der Waals surface area contributed by atoms with Crippen LogP contribution in [-0.4, -0.2) is 38.7 Å². The molecule has 2 heterocycles. The second-order valence-corrected chi connectivity index (χ2v) is 8.91. The molecule has 0 radical (unpaired) electrons. The van der Waals surface area contributed by atoms with Crippen LogP contribution in [-0.2, 0) is 27.5 Å². The van der Waals surface area contributed by atoms with E-state index in [1.807, 2.05) is 52.0 Å². The molecule has 2 fully saturated rings. The van der Waals surface area contributed by atoms with Crippen molar-refractivity contribution in [1.29, 1.82) is 0 Å². The number of carbonyl (C=O) groups is 3. The lowest BCUT2D eigenvalue weighted by Crippen LogP contribution is -2.60. The molecule has 0 spiro atoms. The van der Waals surface area contributed by atoms with Crippen molar-refractivity contribution in [1.82, 2.24) is 19.8 Å². The van der Waals surface area contributed by atoms with E-state index in [1.54, 1.807) is 0 Å². The Morgan fingerprint density at radius 1 is 1.24 bits per heavy atom. The average molecular weight is 396 g/mol. The second-order valence-electron chi connectivity index (χ2n) is 8.91. The van der Waals surface area contributed by atoms with Crippen LogP contribution in [0.25, 0.3) is 11.0 Å². The van der Waals surface area contributed by atoms with Crippen LogP contribution in [0.5, 0.6) is 0 Å². The summed E-state index contributed by atoms with van der Waals surface area (Å²) >= 11 is 0. The van der Waals surface area contributed by atoms with E-state index in [4.69, 9.17) is 0 Å². The first-order chi connectivity index (χ1) is 13.7. The van der Waals surface area contributed by atoms with Gasteiger partial charge < -0.3 is 9.88 Å². The summed E-state index contributed by atoms with van der Waals surface area (Å²) in [6.07, 6.45) is 1.39. The van der Waals surface area contributed by atoms with Gasteiger partial charge in [-0.2, -0.15) is 0 Å². The van der Waals surface area contributed by atoms with Crippen LogP contribution in [0.2, 0.25) is 0 Å². The fourth-order valence-corrected chi connectivity index (χ4v) is 5.04.